The summed E-state index contributed by atoms with van der Waals surface area (Å²) in [4.78, 5) is 13.2. The Balaban J connectivity index is 2.60. The summed E-state index contributed by atoms with van der Waals surface area (Å²) in [5, 5.41) is 19.5. The average Bonchev–Trinajstić information content (AvgIpc) is 2.38. The van der Waals surface area contributed by atoms with Crippen LogP contribution in [0.2, 0.25) is 0 Å². The standard InChI is InChI=1S/C15H18N2O3/c1-9(18)17(4)13-11-7-10(8-16)5-6-12(11)20-15(2,3)14(13)19/h5-7,13-14,19H,1-4H3. The van der Waals surface area contributed by atoms with Crippen LogP contribution in [0.15, 0.2) is 18.2 Å². The number of benzene rings is 1. The number of ether oxygens (including phenoxy) is 1. The lowest BCUT2D eigenvalue weighted by molar-refractivity contribution is -0.139. The van der Waals surface area contributed by atoms with Crippen LogP contribution in [0.5, 0.6) is 5.75 Å². The van der Waals surface area contributed by atoms with Crippen molar-refractivity contribution in [2.24, 2.45) is 0 Å². The SMILES string of the molecule is CC(=O)N(C)C1c2cc(C#N)ccc2OC(C)(C)C1O. The minimum absolute atomic E-state index is 0.153. The predicted molar refractivity (Wildman–Crippen MR) is 73.1 cm³/mol. The number of nitrogens with zero attached hydrogens (tertiary/aromatic N) is 2. The Bertz CT molecular complexity index is 589. The molecule has 5 heteroatoms. The number of fused-ring (bicyclic) bond motifs is 1. The summed E-state index contributed by atoms with van der Waals surface area (Å²) in [6.07, 6.45) is -0.877. The second-order valence-corrected chi connectivity index (χ2v) is 5.59. The van der Waals surface area contributed by atoms with Crippen molar-refractivity contribution in [3.8, 4) is 11.8 Å². The fourth-order valence-corrected chi connectivity index (χ4v) is 2.45. The molecule has 5 nitrogen and oxygen atoms in total. The van der Waals surface area contributed by atoms with Crippen LogP contribution in [0.25, 0.3) is 0 Å². The molecule has 1 aromatic carbocycles. The molecule has 1 aliphatic rings. The summed E-state index contributed by atoms with van der Waals surface area (Å²) in [5.74, 6) is 0.442. The van der Waals surface area contributed by atoms with Gasteiger partial charge in [0, 0.05) is 19.5 Å². The molecule has 0 aliphatic carbocycles. The Hall–Kier alpha value is -2.06. The van der Waals surface area contributed by atoms with Crippen LogP contribution in [0.3, 0.4) is 0 Å². The Labute approximate surface area is 118 Å². The zero-order valence-electron chi connectivity index (χ0n) is 12.0. The highest BCUT2D eigenvalue weighted by atomic mass is 16.5. The highest BCUT2D eigenvalue weighted by Crippen LogP contribution is 2.42. The van der Waals surface area contributed by atoms with Gasteiger partial charge in [-0.05, 0) is 32.0 Å². The van der Waals surface area contributed by atoms with Crippen molar-refractivity contribution in [2.75, 3.05) is 7.05 Å². The van der Waals surface area contributed by atoms with Crippen LogP contribution < -0.4 is 4.74 Å². The number of likely N-dealkylation sites (N-methyl/N-ethyl adjacent to an activating group) is 1. The van der Waals surface area contributed by atoms with Crippen LogP contribution in [-0.4, -0.2) is 34.7 Å². The summed E-state index contributed by atoms with van der Waals surface area (Å²) in [6, 6.07) is 6.57. The van der Waals surface area contributed by atoms with Crippen LogP contribution >= 0.6 is 0 Å². The number of amides is 1. The molecule has 0 saturated heterocycles. The van der Waals surface area contributed by atoms with Gasteiger partial charge in [-0.3, -0.25) is 4.79 Å². The summed E-state index contributed by atoms with van der Waals surface area (Å²) in [5.41, 5.74) is 0.324. The molecule has 2 unspecified atom stereocenters. The Morgan fingerprint density at radius 3 is 2.70 bits per heavy atom. The summed E-state index contributed by atoms with van der Waals surface area (Å²) < 4.78 is 5.79. The van der Waals surface area contributed by atoms with Gasteiger partial charge in [-0.25, -0.2) is 0 Å². The topological polar surface area (TPSA) is 73.6 Å². The van der Waals surface area contributed by atoms with E-state index in [4.69, 9.17) is 10.00 Å². The molecule has 106 valence electrons. The van der Waals surface area contributed by atoms with Crippen molar-refractivity contribution in [2.45, 2.75) is 38.5 Å². The predicted octanol–water partition coefficient (Wildman–Crippen LogP) is 1.61. The first-order valence-electron chi connectivity index (χ1n) is 6.42. The lowest BCUT2D eigenvalue weighted by atomic mass is 9.85. The second-order valence-electron chi connectivity index (χ2n) is 5.59. The fourth-order valence-electron chi connectivity index (χ4n) is 2.45. The van der Waals surface area contributed by atoms with Crippen molar-refractivity contribution < 1.29 is 14.6 Å². The van der Waals surface area contributed by atoms with Crippen LogP contribution in [0.4, 0.5) is 0 Å². The smallest absolute Gasteiger partial charge is 0.219 e. The van der Waals surface area contributed by atoms with E-state index in [-0.39, 0.29) is 5.91 Å². The van der Waals surface area contributed by atoms with Crippen LogP contribution in [0, 0.1) is 11.3 Å². The van der Waals surface area contributed by atoms with Crippen molar-refractivity contribution >= 4 is 5.91 Å². The number of rotatable bonds is 1. The van der Waals surface area contributed by atoms with Crippen molar-refractivity contribution in [1.29, 1.82) is 5.26 Å². The number of aliphatic hydroxyl groups excluding tert-OH is 1. The largest absolute Gasteiger partial charge is 0.485 e. The van der Waals surface area contributed by atoms with E-state index in [1.807, 2.05) is 0 Å². The quantitative estimate of drug-likeness (QED) is 0.844. The monoisotopic (exact) mass is 274 g/mol. The second kappa shape index (κ2) is 4.80. The Morgan fingerprint density at radius 2 is 2.15 bits per heavy atom. The first kappa shape index (κ1) is 14.4. The molecule has 2 rings (SSSR count). The number of carbonyl (C=O) groups excluding carboxylic acids is 1. The molecule has 1 aliphatic heterocycles. The van der Waals surface area contributed by atoms with Crippen molar-refractivity contribution in [3.63, 3.8) is 0 Å². The van der Waals surface area contributed by atoms with E-state index < -0.39 is 17.7 Å². The zero-order valence-corrected chi connectivity index (χ0v) is 12.0. The van der Waals surface area contributed by atoms with E-state index in [1.54, 1.807) is 39.1 Å². The van der Waals surface area contributed by atoms with E-state index in [9.17, 15) is 9.90 Å². The molecule has 1 N–H and O–H groups in total. The highest BCUT2D eigenvalue weighted by Gasteiger charge is 2.45. The van der Waals surface area contributed by atoms with Gasteiger partial charge in [-0.15, -0.1) is 0 Å². The first-order chi connectivity index (χ1) is 9.27. The fraction of sp³-hybridized carbons (Fsp3) is 0.467. The number of carbonyl (C=O) groups is 1. The highest BCUT2D eigenvalue weighted by molar-refractivity contribution is 5.74. The number of hydrogen-bond acceptors (Lipinski definition) is 4. The normalized spacial score (nSPS) is 23.2. The lowest BCUT2D eigenvalue weighted by Gasteiger charge is -2.45. The maximum absolute atomic E-state index is 11.7. The van der Waals surface area contributed by atoms with Gasteiger partial charge < -0.3 is 14.7 Å². The van der Waals surface area contributed by atoms with E-state index in [0.717, 1.165) is 0 Å². The van der Waals surface area contributed by atoms with Gasteiger partial charge in [0.15, 0.2) is 0 Å². The molecule has 0 saturated carbocycles. The lowest BCUT2D eigenvalue weighted by Crippen LogP contribution is -2.53. The molecule has 0 fully saturated rings. The summed E-state index contributed by atoms with van der Waals surface area (Å²) >= 11 is 0. The zero-order chi connectivity index (χ0) is 15.1. The minimum Gasteiger partial charge on any atom is -0.485 e. The van der Waals surface area contributed by atoms with Gasteiger partial charge >= 0.3 is 0 Å². The molecule has 0 spiro atoms. The molecular formula is C15H18N2O3. The maximum atomic E-state index is 11.7. The van der Waals surface area contributed by atoms with Gasteiger partial charge in [-0.2, -0.15) is 5.26 Å². The van der Waals surface area contributed by atoms with Gasteiger partial charge in [0.1, 0.15) is 17.5 Å². The van der Waals surface area contributed by atoms with E-state index in [2.05, 4.69) is 6.07 Å². The van der Waals surface area contributed by atoms with Crippen molar-refractivity contribution in [1.82, 2.24) is 4.90 Å². The Kier molecular flexibility index (Phi) is 3.45. The van der Waals surface area contributed by atoms with Crippen LogP contribution in [0.1, 0.15) is 37.9 Å². The van der Waals surface area contributed by atoms with E-state index in [1.165, 1.54) is 11.8 Å². The van der Waals surface area contributed by atoms with Gasteiger partial charge in [-0.1, -0.05) is 0 Å². The van der Waals surface area contributed by atoms with Gasteiger partial charge in [0.25, 0.3) is 0 Å². The molecule has 0 aromatic heterocycles. The number of hydrogen-bond donors (Lipinski definition) is 1. The third-order valence-electron chi connectivity index (χ3n) is 3.76. The van der Waals surface area contributed by atoms with Crippen molar-refractivity contribution in [3.05, 3.63) is 29.3 Å². The molecule has 0 radical (unpaired) electrons. The van der Waals surface area contributed by atoms with E-state index in [0.29, 0.717) is 16.9 Å². The molecule has 1 aromatic rings. The number of aliphatic hydroxyl groups is 1. The first-order valence-corrected chi connectivity index (χ1v) is 6.42. The van der Waals surface area contributed by atoms with Gasteiger partial charge in [0.2, 0.25) is 5.91 Å². The summed E-state index contributed by atoms with van der Waals surface area (Å²) in [7, 11) is 1.64. The Morgan fingerprint density at radius 1 is 1.50 bits per heavy atom. The molecule has 1 heterocycles. The molecule has 2 atom stereocenters. The minimum atomic E-state index is -0.877. The molecular weight excluding hydrogens is 256 g/mol. The maximum Gasteiger partial charge on any atom is 0.219 e. The average molecular weight is 274 g/mol. The van der Waals surface area contributed by atoms with E-state index >= 15 is 0 Å². The van der Waals surface area contributed by atoms with Crippen LogP contribution in [-0.2, 0) is 4.79 Å². The molecule has 1 amide bonds. The molecule has 20 heavy (non-hydrogen) atoms. The summed E-state index contributed by atoms with van der Waals surface area (Å²) in [6.45, 7) is 5.00. The third-order valence-corrected chi connectivity index (χ3v) is 3.76. The third kappa shape index (κ3) is 2.23. The molecule has 0 bridgehead atoms. The van der Waals surface area contributed by atoms with Gasteiger partial charge in [0.05, 0.1) is 17.7 Å². The number of nitriles is 1.